The molecule has 4 rings (SSSR count). The maximum Gasteiger partial charge on any atom is 0.294 e. The summed E-state index contributed by atoms with van der Waals surface area (Å²) in [6.45, 7) is 2.11. The third kappa shape index (κ3) is 6.90. The number of thioether (sulfide) groups is 1. The van der Waals surface area contributed by atoms with Crippen molar-refractivity contribution in [3.8, 4) is 11.5 Å². The minimum absolute atomic E-state index is 0.178. The average Bonchev–Trinajstić information content (AvgIpc) is 3.13. The Labute approximate surface area is 222 Å². The van der Waals surface area contributed by atoms with Gasteiger partial charge in [0.15, 0.2) is 11.5 Å². The number of halogens is 2. The normalized spacial score (nSPS) is 14.2. The predicted octanol–water partition coefficient (Wildman–Crippen LogP) is 6.13. The van der Waals surface area contributed by atoms with Gasteiger partial charge in [-0.1, -0.05) is 29.8 Å². The minimum Gasteiger partial charge on any atom is -0.490 e. The smallest absolute Gasteiger partial charge is 0.294 e. The first-order valence-electron chi connectivity index (χ1n) is 11.3. The molecule has 0 unspecified atom stereocenters. The molecule has 37 heavy (non-hydrogen) atoms. The van der Waals surface area contributed by atoms with Crippen LogP contribution in [0.5, 0.6) is 11.5 Å². The second-order valence-electron chi connectivity index (χ2n) is 7.88. The Morgan fingerprint density at radius 1 is 1.03 bits per heavy atom. The van der Waals surface area contributed by atoms with Crippen LogP contribution in [-0.2, 0) is 16.2 Å². The standard InChI is InChI=1S/C27H22ClFN2O5S/c1-2-35-23-13-18(5-12-22(23)36-16-17-3-6-19(28)7-4-17)14-24-26(33)31(27(34)37-24)15-25(32)30-21-10-8-20(29)9-11-21/h3-14H,2,15-16H2,1H3,(H,30,32)/b24-14-. The zero-order chi connectivity index (χ0) is 26.4. The van der Waals surface area contributed by atoms with Crippen LogP contribution in [0.2, 0.25) is 5.02 Å². The van der Waals surface area contributed by atoms with Crippen LogP contribution in [-0.4, -0.2) is 35.1 Å². The van der Waals surface area contributed by atoms with Crippen LogP contribution in [0.3, 0.4) is 0 Å². The maximum absolute atomic E-state index is 13.0. The van der Waals surface area contributed by atoms with Gasteiger partial charge in [0, 0.05) is 10.7 Å². The lowest BCUT2D eigenvalue weighted by molar-refractivity contribution is -0.127. The summed E-state index contributed by atoms with van der Waals surface area (Å²) >= 11 is 6.67. The molecular weight excluding hydrogens is 519 g/mol. The summed E-state index contributed by atoms with van der Waals surface area (Å²) < 4.78 is 24.7. The number of benzene rings is 3. The van der Waals surface area contributed by atoms with Gasteiger partial charge in [-0.2, -0.15) is 0 Å². The number of nitrogens with one attached hydrogen (secondary N) is 1. The van der Waals surface area contributed by atoms with E-state index in [0.29, 0.717) is 41.0 Å². The van der Waals surface area contributed by atoms with Gasteiger partial charge in [0.25, 0.3) is 11.1 Å². The number of imide groups is 1. The summed E-state index contributed by atoms with van der Waals surface area (Å²) in [5.41, 5.74) is 1.92. The number of ether oxygens (including phenoxy) is 2. The average molecular weight is 541 g/mol. The van der Waals surface area contributed by atoms with E-state index < -0.39 is 29.4 Å². The highest BCUT2D eigenvalue weighted by molar-refractivity contribution is 8.18. The van der Waals surface area contributed by atoms with Gasteiger partial charge in [-0.05, 0) is 84.4 Å². The van der Waals surface area contributed by atoms with E-state index in [-0.39, 0.29) is 4.91 Å². The summed E-state index contributed by atoms with van der Waals surface area (Å²) in [7, 11) is 0. The quantitative estimate of drug-likeness (QED) is 0.329. The number of hydrogen-bond donors (Lipinski definition) is 1. The van der Waals surface area contributed by atoms with Crippen LogP contribution in [0.4, 0.5) is 14.9 Å². The highest BCUT2D eigenvalue weighted by Gasteiger charge is 2.36. The van der Waals surface area contributed by atoms with Crippen LogP contribution < -0.4 is 14.8 Å². The van der Waals surface area contributed by atoms with Crippen LogP contribution in [0.15, 0.2) is 71.6 Å². The van der Waals surface area contributed by atoms with Gasteiger partial charge in [0.1, 0.15) is 19.0 Å². The highest BCUT2D eigenvalue weighted by Crippen LogP contribution is 2.35. The maximum atomic E-state index is 13.0. The SMILES string of the molecule is CCOc1cc(/C=C2\SC(=O)N(CC(=O)Nc3ccc(F)cc3)C2=O)ccc1OCc1ccc(Cl)cc1. The second kappa shape index (κ2) is 11.9. The third-order valence-corrected chi connectivity index (χ3v) is 6.34. The summed E-state index contributed by atoms with van der Waals surface area (Å²) in [6, 6.07) is 17.7. The predicted molar refractivity (Wildman–Crippen MR) is 141 cm³/mol. The summed E-state index contributed by atoms with van der Waals surface area (Å²) in [5.74, 6) is -0.577. The number of rotatable bonds is 9. The van der Waals surface area contributed by atoms with Crippen LogP contribution >= 0.6 is 23.4 Å². The van der Waals surface area contributed by atoms with Gasteiger partial charge in [-0.15, -0.1) is 0 Å². The molecule has 1 heterocycles. The molecule has 0 saturated carbocycles. The lowest BCUT2D eigenvalue weighted by atomic mass is 10.1. The van der Waals surface area contributed by atoms with E-state index in [4.69, 9.17) is 21.1 Å². The molecule has 1 aliphatic heterocycles. The molecule has 190 valence electrons. The minimum atomic E-state index is -0.578. The van der Waals surface area contributed by atoms with Gasteiger partial charge < -0.3 is 14.8 Å². The first kappa shape index (κ1) is 26.2. The molecule has 1 aliphatic rings. The molecule has 0 aliphatic carbocycles. The topological polar surface area (TPSA) is 84.9 Å². The molecule has 0 atom stereocenters. The molecule has 1 fully saturated rings. The zero-order valence-corrected chi connectivity index (χ0v) is 21.3. The molecule has 3 aromatic carbocycles. The van der Waals surface area contributed by atoms with E-state index in [1.165, 1.54) is 24.3 Å². The molecule has 7 nitrogen and oxygen atoms in total. The molecule has 3 amide bonds. The van der Waals surface area contributed by atoms with Gasteiger partial charge >= 0.3 is 0 Å². The van der Waals surface area contributed by atoms with Crippen molar-refractivity contribution in [1.82, 2.24) is 4.90 Å². The lowest BCUT2D eigenvalue weighted by Crippen LogP contribution is -2.36. The van der Waals surface area contributed by atoms with E-state index >= 15 is 0 Å². The Morgan fingerprint density at radius 3 is 2.46 bits per heavy atom. The van der Waals surface area contributed by atoms with Gasteiger partial charge in [-0.3, -0.25) is 19.3 Å². The Hall–Kier alpha value is -3.82. The van der Waals surface area contributed by atoms with Crippen molar-refractivity contribution in [1.29, 1.82) is 0 Å². The molecule has 10 heteroatoms. The molecule has 0 spiro atoms. The monoisotopic (exact) mass is 540 g/mol. The first-order chi connectivity index (χ1) is 17.8. The fourth-order valence-electron chi connectivity index (χ4n) is 3.41. The van der Waals surface area contributed by atoms with E-state index in [9.17, 15) is 18.8 Å². The molecule has 0 aromatic heterocycles. The molecule has 1 saturated heterocycles. The van der Waals surface area contributed by atoms with E-state index in [1.54, 1.807) is 36.4 Å². The van der Waals surface area contributed by atoms with E-state index in [2.05, 4.69) is 5.32 Å². The number of hydrogen-bond acceptors (Lipinski definition) is 6. The number of amides is 3. The lowest BCUT2D eigenvalue weighted by Gasteiger charge is -2.13. The largest absolute Gasteiger partial charge is 0.490 e. The first-order valence-corrected chi connectivity index (χ1v) is 12.5. The molecule has 0 radical (unpaired) electrons. The molecular formula is C27H22ClFN2O5S. The summed E-state index contributed by atoms with van der Waals surface area (Å²) in [4.78, 5) is 38.6. The van der Waals surface area contributed by atoms with Crippen LogP contribution in [0.25, 0.3) is 6.08 Å². The van der Waals surface area contributed by atoms with Gasteiger partial charge in [-0.25, -0.2) is 4.39 Å². The Kier molecular flexibility index (Phi) is 8.47. The van der Waals surface area contributed by atoms with Crippen molar-refractivity contribution in [2.45, 2.75) is 13.5 Å². The van der Waals surface area contributed by atoms with Crippen molar-refractivity contribution in [3.05, 3.63) is 93.6 Å². The molecule has 3 aromatic rings. The Bertz CT molecular complexity index is 1350. The van der Waals surface area contributed by atoms with Gasteiger partial charge in [0.05, 0.1) is 11.5 Å². The fraction of sp³-hybridized carbons (Fsp3) is 0.148. The number of anilines is 1. The van der Waals surface area contributed by atoms with Crippen molar-refractivity contribution < 1.29 is 28.2 Å². The zero-order valence-electron chi connectivity index (χ0n) is 19.7. The molecule has 1 N–H and O–H groups in total. The number of nitrogens with zero attached hydrogens (tertiary/aromatic N) is 1. The van der Waals surface area contributed by atoms with Crippen molar-refractivity contribution in [2.75, 3.05) is 18.5 Å². The van der Waals surface area contributed by atoms with Crippen LogP contribution in [0, 0.1) is 5.82 Å². The molecule has 0 bridgehead atoms. The number of carbonyl (C=O) groups excluding carboxylic acids is 3. The Balaban J connectivity index is 1.44. The van der Waals surface area contributed by atoms with Crippen molar-refractivity contribution in [3.63, 3.8) is 0 Å². The summed E-state index contributed by atoms with van der Waals surface area (Å²) in [6.07, 6.45) is 1.56. The van der Waals surface area contributed by atoms with Crippen LogP contribution in [0.1, 0.15) is 18.1 Å². The third-order valence-electron chi connectivity index (χ3n) is 5.18. The number of carbonyl (C=O) groups is 3. The second-order valence-corrected chi connectivity index (χ2v) is 9.31. The highest BCUT2D eigenvalue weighted by atomic mass is 35.5. The van der Waals surface area contributed by atoms with E-state index in [0.717, 1.165) is 22.2 Å². The summed E-state index contributed by atoms with van der Waals surface area (Å²) in [5, 5.41) is 2.62. The van der Waals surface area contributed by atoms with E-state index in [1.807, 2.05) is 19.1 Å². The fourth-order valence-corrected chi connectivity index (χ4v) is 4.37. The van der Waals surface area contributed by atoms with Crippen molar-refractivity contribution >= 4 is 52.2 Å². The Morgan fingerprint density at radius 2 is 1.76 bits per heavy atom. The van der Waals surface area contributed by atoms with Crippen molar-refractivity contribution in [2.24, 2.45) is 0 Å². The van der Waals surface area contributed by atoms with Gasteiger partial charge in [0.2, 0.25) is 5.91 Å².